The fourth-order valence-electron chi connectivity index (χ4n) is 1.53. The minimum Gasteiger partial charge on any atom is -0.480 e. The molecule has 0 aromatic rings. The highest BCUT2D eigenvalue weighted by Gasteiger charge is 2.23. The zero-order chi connectivity index (χ0) is 13.4. The van der Waals surface area contributed by atoms with Gasteiger partial charge in [-0.2, -0.15) is 0 Å². The summed E-state index contributed by atoms with van der Waals surface area (Å²) >= 11 is 0. The van der Waals surface area contributed by atoms with Crippen molar-refractivity contribution < 1.29 is 14.7 Å². The van der Waals surface area contributed by atoms with Crippen LogP contribution in [0.25, 0.3) is 0 Å². The van der Waals surface area contributed by atoms with E-state index in [1.807, 2.05) is 20.8 Å². The molecule has 0 saturated heterocycles. The molecule has 0 bridgehead atoms. The van der Waals surface area contributed by atoms with Gasteiger partial charge in [-0.15, -0.1) is 6.58 Å². The Kier molecular flexibility index (Phi) is 7.02. The molecule has 17 heavy (non-hydrogen) atoms. The lowest BCUT2D eigenvalue weighted by Crippen LogP contribution is -2.48. The van der Waals surface area contributed by atoms with E-state index >= 15 is 0 Å². The van der Waals surface area contributed by atoms with Crippen molar-refractivity contribution in [3.8, 4) is 0 Å². The van der Waals surface area contributed by atoms with Gasteiger partial charge in [0.05, 0.1) is 0 Å². The lowest BCUT2D eigenvalue weighted by Gasteiger charge is -2.31. The van der Waals surface area contributed by atoms with E-state index in [0.29, 0.717) is 6.54 Å². The van der Waals surface area contributed by atoms with Gasteiger partial charge in [0, 0.05) is 19.1 Å². The quantitative estimate of drug-likeness (QED) is 0.692. The number of carbonyl (C=O) groups excluding carboxylic acids is 1. The highest BCUT2D eigenvalue weighted by atomic mass is 16.4. The lowest BCUT2D eigenvalue weighted by atomic mass is 10.3. The Morgan fingerprint density at radius 2 is 2.00 bits per heavy atom. The molecular weight excluding hydrogens is 220 g/mol. The van der Waals surface area contributed by atoms with Crippen molar-refractivity contribution in [2.45, 2.75) is 33.2 Å². The summed E-state index contributed by atoms with van der Waals surface area (Å²) in [5, 5.41) is 8.76. The molecule has 5 heteroatoms. The minimum atomic E-state index is -1.01. The molecule has 2 amide bonds. The zero-order valence-corrected chi connectivity index (χ0v) is 10.8. The highest BCUT2D eigenvalue weighted by molar-refractivity contribution is 5.80. The van der Waals surface area contributed by atoms with Crippen molar-refractivity contribution in [2.24, 2.45) is 0 Å². The maximum atomic E-state index is 12.1. The predicted molar refractivity (Wildman–Crippen MR) is 66.9 cm³/mol. The molecule has 0 aromatic heterocycles. The molecular formula is C12H22N2O3. The van der Waals surface area contributed by atoms with Crippen LogP contribution < -0.4 is 0 Å². The average Bonchev–Trinajstić information content (AvgIpc) is 2.23. The molecule has 1 N–H and O–H groups in total. The Balaban J connectivity index is 4.75. The van der Waals surface area contributed by atoms with E-state index < -0.39 is 5.97 Å². The first-order chi connectivity index (χ1) is 7.93. The van der Waals surface area contributed by atoms with Gasteiger partial charge in [0.25, 0.3) is 0 Å². The van der Waals surface area contributed by atoms with E-state index in [4.69, 9.17) is 5.11 Å². The number of hydrogen-bond donors (Lipinski definition) is 1. The molecule has 0 fully saturated rings. The fraction of sp³-hybridized carbons (Fsp3) is 0.667. The van der Waals surface area contributed by atoms with Crippen molar-refractivity contribution >= 4 is 12.0 Å². The molecule has 0 atom stereocenters. The third kappa shape index (κ3) is 5.38. The second-order valence-corrected chi connectivity index (χ2v) is 4.13. The summed E-state index contributed by atoms with van der Waals surface area (Å²) in [6.07, 6.45) is 2.38. The number of hydrogen-bond acceptors (Lipinski definition) is 2. The number of urea groups is 1. The van der Waals surface area contributed by atoms with Crippen LogP contribution >= 0.6 is 0 Å². The Hall–Kier alpha value is -1.52. The standard InChI is InChI=1S/C12H22N2O3/c1-5-7-13(9-11(15)16)12(17)14(8-6-2)10(3)4/h5,10H,1,6-9H2,2-4H3,(H,15,16). The van der Waals surface area contributed by atoms with Gasteiger partial charge >= 0.3 is 12.0 Å². The topological polar surface area (TPSA) is 60.9 Å². The van der Waals surface area contributed by atoms with Crippen molar-refractivity contribution in [3.63, 3.8) is 0 Å². The summed E-state index contributed by atoms with van der Waals surface area (Å²) in [5.41, 5.74) is 0. The van der Waals surface area contributed by atoms with E-state index in [-0.39, 0.29) is 25.2 Å². The number of amides is 2. The molecule has 0 rings (SSSR count). The summed E-state index contributed by atoms with van der Waals surface area (Å²) in [6, 6.07) is -0.187. The molecule has 0 heterocycles. The molecule has 0 aliphatic heterocycles. The lowest BCUT2D eigenvalue weighted by molar-refractivity contribution is -0.137. The molecule has 0 aromatic carbocycles. The fourth-order valence-corrected chi connectivity index (χ4v) is 1.53. The predicted octanol–water partition coefficient (Wildman–Crippen LogP) is 1.80. The summed E-state index contributed by atoms with van der Waals surface area (Å²) in [7, 11) is 0. The minimum absolute atomic E-state index is 0.0589. The first-order valence-corrected chi connectivity index (χ1v) is 5.82. The van der Waals surface area contributed by atoms with Crippen molar-refractivity contribution in [2.75, 3.05) is 19.6 Å². The number of nitrogens with zero attached hydrogens (tertiary/aromatic N) is 2. The van der Waals surface area contributed by atoms with E-state index in [9.17, 15) is 9.59 Å². The molecule has 0 unspecified atom stereocenters. The normalized spacial score (nSPS) is 10.1. The third-order valence-corrected chi connectivity index (χ3v) is 2.28. The van der Waals surface area contributed by atoms with Crippen LogP contribution in [0.4, 0.5) is 4.79 Å². The van der Waals surface area contributed by atoms with Crippen LogP contribution in [0, 0.1) is 0 Å². The second-order valence-electron chi connectivity index (χ2n) is 4.13. The first kappa shape index (κ1) is 15.5. The SMILES string of the molecule is C=CCN(CC(=O)O)C(=O)N(CCC)C(C)C. The third-order valence-electron chi connectivity index (χ3n) is 2.28. The summed E-state index contributed by atoms with van der Waals surface area (Å²) in [5.74, 6) is -1.01. The maximum absolute atomic E-state index is 12.1. The maximum Gasteiger partial charge on any atom is 0.323 e. The Morgan fingerprint density at radius 1 is 1.41 bits per heavy atom. The van der Waals surface area contributed by atoms with Crippen LogP contribution in [-0.2, 0) is 4.79 Å². The van der Waals surface area contributed by atoms with Gasteiger partial charge in [0.1, 0.15) is 6.54 Å². The summed E-state index contributed by atoms with van der Waals surface area (Å²) < 4.78 is 0. The van der Waals surface area contributed by atoms with Crippen molar-refractivity contribution in [3.05, 3.63) is 12.7 Å². The first-order valence-electron chi connectivity index (χ1n) is 5.82. The zero-order valence-electron chi connectivity index (χ0n) is 10.8. The smallest absolute Gasteiger partial charge is 0.323 e. The van der Waals surface area contributed by atoms with Gasteiger partial charge in [0.15, 0.2) is 0 Å². The van der Waals surface area contributed by atoms with Crippen molar-refractivity contribution in [1.29, 1.82) is 0 Å². The summed E-state index contributed by atoms with van der Waals surface area (Å²) in [4.78, 5) is 25.8. The van der Waals surface area contributed by atoms with Gasteiger partial charge < -0.3 is 14.9 Å². The highest BCUT2D eigenvalue weighted by Crippen LogP contribution is 2.06. The van der Waals surface area contributed by atoms with Gasteiger partial charge in [0.2, 0.25) is 0 Å². The van der Waals surface area contributed by atoms with E-state index in [2.05, 4.69) is 6.58 Å². The Labute approximate surface area is 103 Å². The molecule has 0 aliphatic carbocycles. The van der Waals surface area contributed by atoms with Crippen LogP contribution in [0.3, 0.4) is 0 Å². The average molecular weight is 242 g/mol. The molecule has 0 spiro atoms. The van der Waals surface area contributed by atoms with Gasteiger partial charge in [-0.3, -0.25) is 4.79 Å². The largest absolute Gasteiger partial charge is 0.480 e. The molecule has 0 saturated carbocycles. The number of carboxylic acid groups (broad SMARTS) is 1. The Morgan fingerprint density at radius 3 is 2.35 bits per heavy atom. The van der Waals surface area contributed by atoms with Crippen LogP contribution in [0.1, 0.15) is 27.2 Å². The van der Waals surface area contributed by atoms with Crippen molar-refractivity contribution in [1.82, 2.24) is 9.80 Å². The number of carboxylic acids is 1. The number of rotatable bonds is 7. The van der Waals surface area contributed by atoms with E-state index in [1.165, 1.54) is 11.0 Å². The molecule has 0 radical (unpaired) electrons. The summed E-state index contributed by atoms with van der Waals surface area (Å²) in [6.45, 7) is 9.94. The van der Waals surface area contributed by atoms with Gasteiger partial charge in [-0.25, -0.2) is 4.79 Å². The molecule has 5 nitrogen and oxygen atoms in total. The molecule has 0 aliphatic rings. The number of carbonyl (C=O) groups is 2. The van der Waals surface area contributed by atoms with Crippen LogP contribution in [0.2, 0.25) is 0 Å². The van der Waals surface area contributed by atoms with Gasteiger partial charge in [-0.1, -0.05) is 13.0 Å². The second kappa shape index (κ2) is 7.70. The van der Waals surface area contributed by atoms with Crippen LogP contribution in [0.15, 0.2) is 12.7 Å². The van der Waals surface area contributed by atoms with Gasteiger partial charge in [-0.05, 0) is 20.3 Å². The monoisotopic (exact) mass is 242 g/mol. The Bertz CT molecular complexity index is 277. The number of aliphatic carboxylic acids is 1. The van der Waals surface area contributed by atoms with E-state index in [1.54, 1.807) is 4.90 Å². The van der Waals surface area contributed by atoms with Crippen LogP contribution in [-0.4, -0.2) is 52.6 Å². The van der Waals surface area contributed by atoms with Crippen LogP contribution in [0.5, 0.6) is 0 Å². The molecule has 98 valence electrons. The van der Waals surface area contributed by atoms with E-state index in [0.717, 1.165) is 6.42 Å².